The van der Waals surface area contributed by atoms with Gasteiger partial charge in [0.15, 0.2) is 5.69 Å². The van der Waals surface area contributed by atoms with Gasteiger partial charge in [0, 0.05) is 20.8 Å². The van der Waals surface area contributed by atoms with E-state index in [2.05, 4.69) is 21.0 Å². The minimum Gasteiger partial charge on any atom is -0.476 e. The van der Waals surface area contributed by atoms with Crippen molar-refractivity contribution in [2.24, 2.45) is 0 Å². The van der Waals surface area contributed by atoms with Crippen molar-refractivity contribution in [2.45, 2.75) is 26.2 Å². The van der Waals surface area contributed by atoms with E-state index in [-0.39, 0.29) is 5.69 Å². The van der Waals surface area contributed by atoms with Crippen LogP contribution in [0.5, 0.6) is 0 Å². The monoisotopic (exact) mass is 354 g/mol. The van der Waals surface area contributed by atoms with Gasteiger partial charge in [0.25, 0.3) is 0 Å². The second kappa shape index (κ2) is 4.90. The molecular formula is C14H12BrClN2O2. The normalized spacial score (nSPS) is 13.6. The third kappa shape index (κ3) is 2.05. The maximum Gasteiger partial charge on any atom is 0.356 e. The Morgan fingerprint density at radius 2 is 2.20 bits per heavy atom. The van der Waals surface area contributed by atoms with Crippen molar-refractivity contribution in [3.05, 3.63) is 44.1 Å². The molecular weight excluding hydrogens is 344 g/mol. The van der Waals surface area contributed by atoms with Crippen LogP contribution in [0.4, 0.5) is 0 Å². The van der Waals surface area contributed by atoms with Crippen LogP contribution in [0.2, 0.25) is 5.02 Å². The lowest BCUT2D eigenvalue weighted by Gasteiger charge is -2.10. The summed E-state index contributed by atoms with van der Waals surface area (Å²) in [6.07, 6.45) is 2.58. The minimum atomic E-state index is -0.976. The first-order valence-electron chi connectivity index (χ1n) is 6.29. The van der Waals surface area contributed by atoms with Gasteiger partial charge in [-0.1, -0.05) is 11.6 Å². The standard InChI is InChI=1S/C14H12BrClN2O2/c1-7-5-9(15)12(6-10(7)16)18-11-4-2-3-8(11)13(17-18)14(19)20/h5-6H,2-4H2,1H3,(H,19,20). The molecule has 104 valence electrons. The minimum absolute atomic E-state index is 0.154. The summed E-state index contributed by atoms with van der Waals surface area (Å²) in [5.74, 6) is -0.976. The van der Waals surface area contributed by atoms with Crippen LogP contribution in [0.15, 0.2) is 16.6 Å². The topological polar surface area (TPSA) is 55.1 Å². The summed E-state index contributed by atoms with van der Waals surface area (Å²) in [4.78, 5) is 11.3. The quantitative estimate of drug-likeness (QED) is 0.892. The van der Waals surface area contributed by atoms with E-state index in [9.17, 15) is 9.90 Å². The molecule has 1 aliphatic rings. The predicted octanol–water partition coefficient (Wildman–Crippen LogP) is 3.78. The summed E-state index contributed by atoms with van der Waals surface area (Å²) in [7, 11) is 0. The largest absolute Gasteiger partial charge is 0.476 e. The van der Waals surface area contributed by atoms with Crippen molar-refractivity contribution in [3.8, 4) is 5.69 Å². The molecule has 0 unspecified atom stereocenters. The van der Waals surface area contributed by atoms with Gasteiger partial charge >= 0.3 is 5.97 Å². The van der Waals surface area contributed by atoms with E-state index in [4.69, 9.17) is 11.6 Å². The number of carbonyl (C=O) groups is 1. The lowest BCUT2D eigenvalue weighted by atomic mass is 10.2. The van der Waals surface area contributed by atoms with Crippen LogP contribution in [0.3, 0.4) is 0 Å². The van der Waals surface area contributed by atoms with Gasteiger partial charge in [-0.3, -0.25) is 0 Å². The molecule has 20 heavy (non-hydrogen) atoms. The van der Waals surface area contributed by atoms with Gasteiger partial charge in [-0.05, 0) is 59.8 Å². The summed E-state index contributed by atoms with van der Waals surface area (Å²) >= 11 is 9.68. The van der Waals surface area contributed by atoms with Crippen molar-refractivity contribution in [1.82, 2.24) is 9.78 Å². The molecule has 0 atom stereocenters. The molecule has 0 radical (unpaired) electrons. The molecule has 6 heteroatoms. The Labute approximate surface area is 129 Å². The van der Waals surface area contributed by atoms with Gasteiger partial charge in [-0.25, -0.2) is 9.48 Å². The van der Waals surface area contributed by atoms with Crippen LogP contribution < -0.4 is 0 Å². The average Bonchev–Trinajstić information content (AvgIpc) is 2.95. The second-order valence-corrected chi connectivity index (χ2v) is 6.16. The maximum absolute atomic E-state index is 11.3. The fourth-order valence-electron chi connectivity index (χ4n) is 2.61. The lowest BCUT2D eigenvalue weighted by Crippen LogP contribution is -2.05. The SMILES string of the molecule is Cc1cc(Br)c(-n2nc(C(=O)O)c3c2CCC3)cc1Cl. The Kier molecular flexibility index (Phi) is 3.34. The number of hydrogen-bond acceptors (Lipinski definition) is 2. The van der Waals surface area contributed by atoms with Gasteiger partial charge in [-0.2, -0.15) is 5.10 Å². The molecule has 0 spiro atoms. The Morgan fingerprint density at radius 1 is 1.45 bits per heavy atom. The number of aromatic nitrogens is 2. The molecule has 1 N–H and O–H groups in total. The molecule has 1 aliphatic carbocycles. The number of benzene rings is 1. The molecule has 0 bridgehead atoms. The second-order valence-electron chi connectivity index (χ2n) is 4.90. The van der Waals surface area contributed by atoms with E-state index < -0.39 is 5.97 Å². The zero-order valence-electron chi connectivity index (χ0n) is 10.8. The number of nitrogens with zero attached hydrogens (tertiary/aromatic N) is 2. The Morgan fingerprint density at radius 3 is 2.90 bits per heavy atom. The third-order valence-electron chi connectivity index (χ3n) is 3.59. The first-order chi connectivity index (χ1) is 9.49. The van der Waals surface area contributed by atoms with Crippen LogP contribution in [-0.4, -0.2) is 20.9 Å². The summed E-state index contributed by atoms with van der Waals surface area (Å²) in [5.41, 5.74) is 3.72. The molecule has 1 heterocycles. The molecule has 0 fully saturated rings. The predicted molar refractivity (Wildman–Crippen MR) is 80.0 cm³/mol. The lowest BCUT2D eigenvalue weighted by molar-refractivity contribution is 0.0689. The molecule has 0 saturated heterocycles. The fourth-order valence-corrected chi connectivity index (χ4v) is 3.39. The molecule has 0 aliphatic heterocycles. The van der Waals surface area contributed by atoms with Crippen LogP contribution >= 0.6 is 27.5 Å². The number of aromatic carboxylic acids is 1. The highest BCUT2D eigenvalue weighted by Crippen LogP contribution is 2.33. The number of rotatable bonds is 2. The highest BCUT2D eigenvalue weighted by atomic mass is 79.9. The highest BCUT2D eigenvalue weighted by Gasteiger charge is 2.27. The highest BCUT2D eigenvalue weighted by molar-refractivity contribution is 9.10. The van der Waals surface area contributed by atoms with Gasteiger partial charge in [-0.15, -0.1) is 0 Å². The van der Waals surface area contributed by atoms with Gasteiger partial charge in [0.1, 0.15) is 0 Å². The number of fused-ring (bicyclic) bond motifs is 1. The Bertz CT molecular complexity index is 724. The number of halogens is 2. The van der Waals surface area contributed by atoms with Gasteiger partial charge < -0.3 is 5.11 Å². The fraction of sp³-hybridized carbons (Fsp3) is 0.286. The van der Waals surface area contributed by atoms with E-state index in [1.807, 2.05) is 19.1 Å². The average molecular weight is 356 g/mol. The van der Waals surface area contributed by atoms with E-state index in [0.717, 1.165) is 46.2 Å². The molecule has 2 aromatic rings. The van der Waals surface area contributed by atoms with E-state index in [0.29, 0.717) is 5.02 Å². The first-order valence-corrected chi connectivity index (χ1v) is 7.46. The molecule has 4 nitrogen and oxygen atoms in total. The Hall–Kier alpha value is -1.33. The van der Waals surface area contributed by atoms with Crippen LogP contribution in [0.1, 0.15) is 33.7 Å². The van der Waals surface area contributed by atoms with Crippen molar-refractivity contribution < 1.29 is 9.90 Å². The number of hydrogen-bond donors (Lipinski definition) is 1. The van der Waals surface area contributed by atoms with Crippen molar-refractivity contribution in [2.75, 3.05) is 0 Å². The summed E-state index contributed by atoms with van der Waals surface area (Å²) in [5, 5.41) is 14.2. The van der Waals surface area contributed by atoms with E-state index >= 15 is 0 Å². The zero-order valence-corrected chi connectivity index (χ0v) is 13.1. The van der Waals surface area contributed by atoms with Crippen LogP contribution in [0.25, 0.3) is 5.69 Å². The summed E-state index contributed by atoms with van der Waals surface area (Å²) < 4.78 is 2.56. The van der Waals surface area contributed by atoms with E-state index in [1.54, 1.807) is 4.68 Å². The number of aryl methyl sites for hydroxylation is 1. The van der Waals surface area contributed by atoms with Crippen LogP contribution in [-0.2, 0) is 12.8 Å². The van der Waals surface area contributed by atoms with Crippen molar-refractivity contribution in [1.29, 1.82) is 0 Å². The van der Waals surface area contributed by atoms with Gasteiger partial charge in [0.2, 0.25) is 0 Å². The van der Waals surface area contributed by atoms with Crippen molar-refractivity contribution >= 4 is 33.5 Å². The number of carboxylic acid groups (broad SMARTS) is 1. The molecule has 3 rings (SSSR count). The van der Waals surface area contributed by atoms with E-state index in [1.165, 1.54) is 0 Å². The zero-order chi connectivity index (χ0) is 14.4. The first kappa shape index (κ1) is 13.6. The maximum atomic E-state index is 11.3. The Balaban J connectivity index is 2.23. The molecule has 0 amide bonds. The summed E-state index contributed by atoms with van der Waals surface area (Å²) in [6.45, 7) is 1.92. The smallest absolute Gasteiger partial charge is 0.356 e. The van der Waals surface area contributed by atoms with Crippen LogP contribution in [0, 0.1) is 6.92 Å². The van der Waals surface area contributed by atoms with Gasteiger partial charge in [0.05, 0.1) is 5.69 Å². The molecule has 0 saturated carbocycles. The number of carboxylic acids is 1. The third-order valence-corrected chi connectivity index (χ3v) is 4.63. The summed E-state index contributed by atoms with van der Waals surface area (Å²) in [6, 6.07) is 3.74. The molecule has 1 aromatic heterocycles. The molecule has 1 aromatic carbocycles. The van der Waals surface area contributed by atoms with Crippen molar-refractivity contribution in [3.63, 3.8) is 0 Å².